The number of aryl methyl sites for hydroxylation is 4. The van der Waals surface area contributed by atoms with E-state index in [9.17, 15) is 9.59 Å². The molecule has 0 aliphatic carbocycles. The highest BCUT2D eigenvalue weighted by Gasteiger charge is 2.27. The monoisotopic (exact) mass is 441 g/mol. The Kier molecular flexibility index (Phi) is 5.24. The van der Waals surface area contributed by atoms with Crippen molar-refractivity contribution in [1.29, 1.82) is 0 Å². The fourth-order valence-electron chi connectivity index (χ4n) is 4.62. The SMILES string of the molecule is Cc1ccc(N2CCCn3c2nc2c3c(=O)n(CC=Cc3ccccc3)c(=O)n2C)c(C)c1. The van der Waals surface area contributed by atoms with Crippen LogP contribution in [0.3, 0.4) is 0 Å². The van der Waals surface area contributed by atoms with E-state index in [2.05, 4.69) is 36.9 Å². The second-order valence-corrected chi connectivity index (χ2v) is 8.60. The lowest BCUT2D eigenvalue weighted by Crippen LogP contribution is -2.39. The van der Waals surface area contributed by atoms with E-state index >= 15 is 0 Å². The lowest BCUT2D eigenvalue weighted by molar-refractivity contribution is 0.598. The molecule has 0 spiro atoms. The predicted molar refractivity (Wildman–Crippen MR) is 132 cm³/mol. The first-order chi connectivity index (χ1) is 16.0. The number of benzene rings is 2. The predicted octanol–water partition coefficient (Wildman–Crippen LogP) is 3.77. The number of rotatable bonds is 4. The maximum atomic E-state index is 13.5. The molecule has 0 saturated heterocycles. The molecular weight excluding hydrogens is 414 g/mol. The smallest absolute Gasteiger partial charge is 0.312 e. The summed E-state index contributed by atoms with van der Waals surface area (Å²) in [6.07, 6.45) is 4.66. The number of hydrogen-bond acceptors (Lipinski definition) is 4. The second-order valence-electron chi connectivity index (χ2n) is 8.60. The maximum absolute atomic E-state index is 13.5. The van der Waals surface area contributed by atoms with Crippen molar-refractivity contribution in [3.05, 3.63) is 92.1 Å². The van der Waals surface area contributed by atoms with Gasteiger partial charge in [-0.2, -0.15) is 4.98 Å². The van der Waals surface area contributed by atoms with E-state index in [0.29, 0.717) is 23.7 Å². The van der Waals surface area contributed by atoms with Crippen LogP contribution in [0.1, 0.15) is 23.1 Å². The molecule has 1 aliphatic heterocycles. The summed E-state index contributed by atoms with van der Waals surface area (Å²) in [7, 11) is 1.68. The Morgan fingerprint density at radius 3 is 2.58 bits per heavy atom. The van der Waals surface area contributed by atoms with Gasteiger partial charge in [-0.15, -0.1) is 0 Å². The average molecular weight is 442 g/mol. The minimum absolute atomic E-state index is 0.206. The van der Waals surface area contributed by atoms with E-state index < -0.39 is 0 Å². The van der Waals surface area contributed by atoms with Gasteiger partial charge in [0.2, 0.25) is 5.95 Å². The summed E-state index contributed by atoms with van der Waals surface area (Å²) in [5.74, 6) is 0.716. The molecule has 7 heteroatoms. The van der Waals surface area contributed by atoms with E-state index in [1.165, 1.54) is 14.7 Å². The number of nitrogens with zero attached hydrogens (tertiary/aromatic N) is 5. The van der Waals surface area contributed by atoms with Gasteiger partial charge in [-0.1, -0.05) is 60.2 Å². The van der Waals surface area contributed by atoms with Gasteiger partial charge in [0, 0.05) is 32.4 Å². The highest BCUT2D eigenvalue weighted by molar-refractivity contribution is 5.77. The lowest BCUT2D eigenvalue weighted by Gasteiger charge is -2.30. The third kappa shape index (κ3) is 3.59. The lowest BCUT2D eigenvalue weighted by atomic mass is 10.1. The Morgan fingerprint density at radius 1 is 1.03 bits per heavy atom. The van der Waals surface area contributed by atoms with Crippen LogP contribution < -0.4 is 16.1 Å². The molecule has 0 saturated carbocycles. The van der Waals surface area contributed by atoms with Crippen molar-refractivity contribution < 1.29 is 0 Å². The van der Waals surface area contributed by atoms with Gasteiger partial charge in [0.25, 0.3) is 5.56 Å². The van der Waals surface area contributed by atoms with Gasteiger partial charge >= 0.3 is 5.69 Å². The van der Waals surface area contributed by atoms with E-state index in [1.54, 1.807) is 7.05 Å². The van der Waals surface area contributed by atoms with Crippen molar-refractivity contribution in [1.82, 2.24) is 18.7 Å². The van der Waals surface area contributed by atoms with E-state index in [1.807, 2.05) is 47.1 Å². The van der Waals surface area contributed by atoms with Gasteiger partial charge < -0.3 is 9.47 Å². The fourth-order valence-corrected chi connectivity index (χ4v) is 4.62. The van der Waals surface area contributed by atoms with Crippen LogP contribution in [0.15, 0.2) is 64.2 Å². The normalized spacial score (nSPS) is 13.7. The van der Waals surface area contributed by atoms with Crippen molar-refractivity contribution in [3.63, 3.8) is 0 Å². The highest BCUT2D eigenvalue weighted by Crippen LogP contribution is 2.33. The average Bonchev–Trinajstić information content (AvgIpc) is 3.21. The number of imidazole rings is 1. The number of fused-ring (bicyclic) bond motifs is 3. The van der Waals surface area contributed by atoms with Crippen LogP contribution in [-0.2, 0) is 20.1 Å². The fraction of sp³-hybridized carbons (Fsp3) is 0.269. The van der Waals surface area contributed by atoms with Gasteiger partial charge in [-0.05, 0) is 37.5 Å². The number of aromatic nitrogens is 4. The summed E-state index contributed by atoms with van der Waals surface area (Å²) < 4.78 is 4.74. The molecule has 0 unspecified atom stereocenters. The molecule has 0 amide bonds. The minimum Gasteiger partial charge on any atom is -0.312 e. The summed E-state index contributed by atoms with van der Waals surface area (Å²) in [4.78, 5) is 33.4. The summed E-state index contributed by atoms with van der Waals surface area (Å²) in [6.45, 7) is 5.88. The molecule has 168 valence electrons. The van der Waals surface area contributed by atoms with Crippen molar-refractivity contribution in [2.75, 3.05) is 11.4 Å². The molecule has 1 aliphatic rings. The summed E-state index contributed by atoms with van der Waals surface area (Å²) in [6, 6.07) is 16.2. The minimum atomic E-state index is -0.362. The third-order valence-electron chi connectivity index (χ3n) is 6.26. The first-order valence-corrected chi connectivity index (χ1v) is 11.2. The standard InChI is InChI=1S/C26H27N5O2/c1-18-12-13-21(19(2)17-18)29-15-8-16-30-22-23(27-25(29)30)28(3)26(33)31(24(22)32)14-7-11-20-9-5-4-6-10-20/h4-7,9-13,17H,8,14-16H2,1-3H3. The van der Waals surface area contributed by atoms with Crippen molar-refractivity contribution in [2.45, 2.75) is 33.4 Å². The highest BCUT2D eigenvalue weighted by atomic mass is 16.2. The molecule has 7 nitrogen and oxygen atoms in total. The van der Waals surface area contributed by atoms with Gasteiger partial charge in [-0.3, -0.25) is 13.9 Å². The topological polar surface area (TPSA) is 65.1 Å². The van der Waals surface area contributed by atoms with Gasteiger partial charge in [0.05, 0.1) is 0 Å². The molecule has 5 rings (SSSR count). The number of hydrogen-bond donors (Lipinski definition) is 0. The van der Waals surface area contributed by atoms with Gasteiger partial charge in [0.15, 0.2) is 11.2 Å². The number of allylic oxidation sites excluding steroid dienone is 1. The zero-order chi connectivity index (χ0) is 23.1. The summed E-state index contributed by atoms with van der Waals surface area (Å²) >= 11 is 0. The Bertz CT molecular complexity index is 1490. The van der Waals surface area contributed by atoms with Crippen LogP contribution in [0.4, 0.5) is 11.6 Å². The molecule has 2 aromatic heterocycles. The quantitative estimate of drug-likeness (QED) is 0.484. The summed E-state index contributed by atoms with van der Waals surface area (Å²) in [5, 5.41) is 0. The van der Waals surface area contributed by atoms with Crippen LogP contribution in [0, 0.1) is 13.8 Å². The second kappa shape index (κ2) is 8.24. The zero-order valence-corrected chi connectivity index (χ0v) is 19.2. The van der Waals surface area contributed by atoms with Gasteiger partial charge in [-0.25, -0.2) is 4.79 Å². The maximum Gasteiger partial charge on any atom is 0.332 e. The van der Waals surface area contributed by atoms with Crippen molar-refractivity contribution in [3.8, 4) is 0 Å². The van der Waals surface area contributed by atoms with Crippen LogP contribution in [0.25, 0.3) is 17.2 Å². The molecule has 0 atom stereocenters. The Balaban J connectivity index is 1.62. The van der Waals surface area contributed by atoms with E-state index in [4.69, 9.17) is 4.98 Å². The molecule has 0 bridgehead atoms. The van der Waals surface area contributed by atoms with Crippen LogP contribution in [-0.4, -0.2) is 25.2 Å². The molecule has 33 heavy (non-hydrogen) atoms. The van der Waals surface area contributed by atoms with Gasteiger partial charge in [0.1, 0.15) is 0 Å². The Morgan fingerprint density at radius 2 is 1.82 bits per heavy atom. The first kappa shape index (κ1) is 21.0. The van der Waals surface area contributed by atoms with E-state index in [0.717, 1.165) is 29.8 Å². The number of anilines is 2. The van der Waals surface area contributed by atoms with Crippen LogP contribution >= 0.6 is 0 Å². The zero-order valence-electron chi connectivity index (χ0n) is 19.2. The largest absolute Gasteiger partial charge is 0.332 e. The van der Waals surface area contributed by atoms with Crippen LogP contribution in [0.5, 0.6) is 0 Å². The van der Waals surface area contributed by atoms with Crippen molar-refractivity contribution >= 4 is 28.9 Å². The van der Waals surface area contributed by atoms with Crippen LogP contribution in [0.2, 0.25) is 0 Å². The molecular formula is C26H27N5O2. The van der Waals surface area contributed by atoms with E-state index in [-0.39, 0.29) is 17.8 Å². The Hall–Kier alpha value is -3.87. The molecule has 3 heterocycles. The molecule has 0 fully saturated rings. The molecule has 2 aromatic carbocycles. The first-order valence-electron chi connectivity index (χ1n) is 11.2. The Labute approximate surface area is 191 Å². The molecule has 0 N–H and O–H groups in total. The molecule has 4 aromatic rings. The molecule has 0 radical (unpaired) electrons. The summed E-state index contributed by atoms with van der Waals surface area (Å²) in [5.41, 5.74) is 4.71. The third-order valence-corrected chi connectivity index (χ3v) is 6.26. The van der Waals surface area contributed by atoms with Crippen molar-refractivity contribution in [2.24, 2.45) is 7.05 Å².